The van der Waals surface area contributed by atoms with Gasteiger partial charge in [-0.05, 0) is 62.9 Å². The van der Waals surface area contributed by atoms with Crippen molar-refractivity contribution in [3.63, 3.8) is 0 Å². The molecule has 196 valence electrons. The van der Waals surface area contributed by atoms with Gasteiger partial charge in [0.05, 0.1) is 6.04 Å². The van der Waals surface area contributed by atoms with E-state index in [0.29, 0.717) is 22.7 Å². The molecule has 9 nitrogen and oxygen atoms in total. The molecule has 5 rings (SSSR count). The molecule has 38 heavy (non-hydrogen) atoms. The van der Waals surface area contributed by atoms with E-state index in [2.05, 4.69) is 20.1 Å². The predicted molar refractivity (Wildman–Crippen MR) is 147 cm³/mol. The zero-order valence-electron chi connectivity index (χ0n) is 21.6. The number of aryl methyl sites for hydroxylation is 4. The topological polar surface area (TPSA) is 123 Å². The molecule has 0 saturated heterocycles. The minimum Gasteiger partial charge on any atom is -0.359 e. The summed E-state index contributed by atoms with van der Waals surface area (Å²) in [4.78, 5) is 13.6. The van der Waals surface area contributed by atoms with E-state index < -0.39 is 16.1 Å². The van der Waals surface area contributed by atoms with Crippen molar-refractivity contribution in [3.05, 3.63) is 104 Å². The van der Waals surface area contributed by atoms with Crippen molar-refractivity contribution >= 4 is 27.2 Å². The summed E-state index contributed by atoms with van der Waals surface area (Å²) in [5, 5.41) is 10.5. The number of sulfonamides is 1. The number of anilines is 1. The fourth-order valence-electron chi connectivity index (χ4n) is 4.54. The Balaban J connectivity index is 1.59. The van der Waals surface area contributed by atoms with Crippen LogP contribution in [0.2, 0.25) is 0 Å². The highest BCUT2D eigenvalue weighted by atomic mass is 32.2. The van der Waals surface area contributed by atoms with Crippen molar-refractivity contribution in [1.82, 2.24) is 19.9 Å². The quantitative estimate of drug-likeness (QED) is 0.285. The number of aromatic nitrogens is 4. The van der Waals surface area contributed by atoms with Crippen LogP contribution in [0.25, 0.3) is 11.1 Å². The average molecular weight is 550 g/mol. The maximum Gasteiger partial charge on any atom is 0.344 e. The molecule has 0 bridgehead atoms. The molecule has 5 aromatic rings. The van der Waals surface area contributed by atoms with Crippen molar-refractivity contribution in [3.8, 4) is 11.1 Å². The normalized spacial score (nSPS) is 12.6. The number of rotatable bonds is 7. The summed E-state index contributed by atoms with van der Waals surface area (Å²) in [7, 11) is -3.93. The minimum atomic E-state index is -3.93. The summed E-state index contributed by atoms with van der Waals surface area (Å²) in [5.41, 5.74) is 4.42. The molecule has 0 amide bonds. The highest BCUT2D eigenvalue weighted by molar-refractivity contribution is 7.94. The Morgan fingerprint density at radius 3 is 2.32 bits per heavy atom. The molecule has 3 aromatic heterocycles. The average Bonchev–Trinajstić information content (AvgIpc) is 3.54. The van der Waals surface area contributed by atoms with Gasteiger partial charge in [0.1, 0.15) is 15.8 Å². The van der Waals surface area contributed by atoms with Crippen LogP contribution in [0.3, 0.4) is 0 Å². The molecule has 1 atom stereocenters. The SMILES string of the molecule is Cc1cc(-c2ccc(C(c3ccccc3)n3c(C)n[nH]c3=O)cc2C)c(S(=O)(=O)Nc2noc(C)c2C)s1. The summed E-state index contributed by atoms with van der Waals surface area (Å²) < 4.78 is 36.4. The molecule has 3 heterocycles. The molecule has 0 spiro atoms. The third-order valence-corrected chi connectivity index (χ3v) is 9.49. The molecule has 0 aliphatic carbocycles. The van der Waals surface area contributed by atoms with Gasteiger partial charge in [-0.1, -0.05) is 53.7 Å². The van der Waals surface area contributed by atoms with Crippen LogP contribution in [-0.2, 0) is 10.0 Å². The maximum absolute atomic E-state index is 13.4. The molecule has 1 unspecified atom stereocenters. The number of nitrogens with zero attached hydrogens (tertiary/aromatic N) is 3. The zero-order valence-corrected chi connectivity index (χ0v) is 23.2. The van der Waals surface area contributed by atoms with Crippen LogP contribution in [-0.4, -0.2) is 28.3 Å². The fourth-order valence-corrected chi connectivity index (χ4v) is 7.24. The van der Waals surface area contributed by atoms with E-state index in [9.17, 15) is 13.2 Å². The van der Waals surface area contributed by atoms with Crippen molar-refractivity contribution in [2.24, 2.45) is 0 Å². The molecule has 0 fully saturated rings. The first-order valence-electron chi connectivity index (χ1n) is 11.9. The Hall–Kier alpha value is -3.96. The third kappa shape index (κ3) is 4.59. The number of benzene rings is 2. The standard InChI is InChI=1S/C27H27N5O4S2/c1-15-13-21(24(20-9-7-6-8-10-20)32-19(5)28-29-27(32)33)11-12-22(15)23-14-16(2)37-26(23)38(34,35)31-25-17(3)18(4)36-30-25/h6-14,24H,1-5H3,(H,29,33)(H,30,31). The van der Waals surface area contributed by atoms with E-state index in [-0.39, 0.29) is 15.7 Å². The lowest BCUT2D eigenvalue weighted by Gasteiger charge is -2.21. The van der Waals surface area contributed by atoms with Crippen LogP contribution in [0, 0.1) is 34.6 Å². The maximum atomic E-state index is 13.4. The third-order valence-electron chi connectivity index (χ3n) is 6.56. The van der Waals surface area contributed by atoms with E-state index in [1.165, 1.54) is 11.3 Å². The first-order chi connectivity index (χ1) is 18.1. The van der Waals surface area contributed by atoms with Crippen molar-refractivity contribution in [1.29, 1.82) is 0 Å². The second kappa shape index (κ2) is 9.73. The Morgan fingerprint density at radius 2 is 1.71 bits per heavy atom. The zero-order chi connectivity index (χ0) is 27.2. The van der Waals surface area contributed by atoms with E-state index in [1.54, 1.807) is 25.3 Å². The van der Waals surface area contributed by atoms with Crippen LogP contribution in [0.5, 0.6) is 0 Å². The Kier molecular flexibility index (Phi) is 6.58. The second-order valence-electron chi connectivity index (χ2n) is 9.21. The monoisotopic (exact) mass is 549 g/mol. The molecule has 11 heteroatoms. The molecule has 2 N–H and O–H groups in total. The van der Waals surface area contributed by atoms with Crippen LogP contribution in [0.4, 0.5) is 5.82 Å². The molecule has 0 saturated carbocycles. The minimum absolute atomic E-state index is 0.179. The number of hydrogen-bond donors (Lipinski definition) is 2. The number of H-pyrrole nitrogens is 1. The van der Waals surface area contributed by atoms with Crippen molar-refractivity contribution in [2.75, 3.05) is 4.72 Å². The van der Waals surface area contributed by atoms with Crippen molar-refractivity contribution in [2.45, 2.75) is 44.9 Å². The molecular weight excluding hydrogens is 522 g/mol. The van der Waals surface area contributed by atoms with Gasteiger partial charge in [-0.15, -0.1) is 11.3 Å². The lowest BCUT2D eigenvalue weighted by molar-refractivity contribution is 0.399. The lowest BCUT2D eigenvalue weighted by atomic mass is 9.93. The lowest BCUT2D eigenvalue weighted by Crippen LogP contribution is -2.25. The van der Waals surface area contributed by atoms with Crippen LogP contribution in [0.1, 0.15) is 44.8 Å². The first-order valence-corrected chi connectivity index (χ1v) is 14.2. The highest BCUT2D eigenvalue weighted by Crippen LogP contribution is 2.39. The van der Waals surface area contributed by atoms with Crippen LogP contribution in [0.15, 0.2) is 68.1 Å². The van der Waals surface area contributed by atoms with E-state index >= 15 is 0 Å². The summed E-state index contributed by atoms with van der Waals surface area (Å²) in [6, 6.07) is 17.0. The van der Waals surface area contributed by atoms with Gasteiger partial charge >= 0.3 is 5.69 Å². The van der Waals surface area contributed by atoms with Gasteiger partial charge in [-0.3, -0.25) is 9.29 Å². The smallest absolute Gasteiger partial charge is 0.344 e. The summed E-state index contributed by atoms with van der Waals surface area (Å²) in [6.45, 7) is 9.08. The van der Waals surface area contributed by atoms with Gasteiger partial charge in [-0.2, -0.15) is 5.10 Å². The molecule has 0 radical (unpaired) electrons. The van der Waals surface area contributed by atoms with Gasteiger partial charge in [-0.25, -0.2) is 18.3 Å². The van der Waals surface area contributed by atoms with Gasteiger partial charge in [0.15, 0.2) is 5.82 Å². The highest BCUT2D eigenvalue weighted by Gasteiger charge is 2.27. The van der Waals surface area contributed by atoms with Gasteiger partial charge in [0.25, 0.3) is 10.0 Å². The summed E-state index contributed by atoms with van der Waals surface area (Å²) in [5.74, 6) is 1.30. The summed E-state index contributed by atoms with van der Waals surface area (Å²) >= 11 is 1.20. The van der Waals surface area contributed by atoms with Gasteiger partial charge in [0.2, 0.25) is 0 Å². The van der Waals surface area contributed by atoms with Crippen LogP contribution >= 0.6 is 11.3 Å². The van der Waals surface area contributed by atoms with Gasteiger partial charge in [0, 0.05) is 16.0 Å². The molecule has 0 aliphatic rings. The Morgan fingerprint density at radius 1 is 0.974 bits per heavy atom. The summed E-state index contributed by atoms with van der Waals surface area (Å²) in [6.07, 6.45) is 0. The van der Waals surface area contributed by atoms with Crippen LogP contribution < -0.4 is 10.4 Å². The Bertz CT molecular complexity index is 1800. The molecule has 0 aliphatic heterocycles. The molecular formula is C27H27N5O4S2. The Labute approximate surface area is 224 Å². The number of nitrogens with one attached hydrogen (secondary N) is 2. The number of aromatic amines is 1. The van der Waals surface area contributed by atoms with E-state index in [1.807, 2.05) is 68.4 Å². The second-order valence-corrected chi connectivity index (χ2v) is 12.3. The first kappa shape index (κ1) is 25.7. The predicted octanol–water partition coefficient (Wildman–Crippen LogP) is 5.27. The van der Waals surface area contributed by atoms with E-state index in [0.717, 1.165) is 27.1 Å². The molecule has 2 aromatic carbocycles. The van der Waals surface area contributed by atoms with E-state index in [4.69, 9.17) is 4.52 Å². The van der Waals surface area contributed by atoms with Gasteiger partial charge < -0.3 is 4.52 Å². The fraction of sp³-hybridized carbons (Fsp3) is 0.222. The largest absolute Gasteiger partial charge is 0.359 e. The number of thiophene rings is 1. The van der Waals surface area contributed by atoms with Crippen molar-refractivity contribution < 1.29 is 12.9 Å². The number of hydrogen-bond acceptors (Lipinski definition) is 7.